The van der Waals surface area contributed by atoms with Crippen molar-refractivity contribution >= 4 is 6.29 Å². The van der Waals surface area contributed by atoms with E-state index < -0.39 is 6.04 Å². The van der Waals surface area contributed by atoms with Crippen molar-refractivity contribution in [3.8, 4) is 0 Å². The van der Waals surface area contributed by atoms with E-state index in [1.54, 1.807) is 0 Å². The lowest BCUT2D eigenvalue weighted by Gasteiger charge is -2.12. The summed E-state index contributed by atoms with van der Waals surface area (Å²) in [6.45, 7) is 3.39. The predicted octanol–water partition coefficient (Wildman–Crippen LogP) is 1.27. The molecule has 0 heterocycles. The van der Waals surface area contributed by atoms with Gasteiger partial charge in [-0.25, -0.2) is 0 Å². The second kappa shape index (κ2) is 4.82. The minimum Gasteiger partial charge on any atom is -0.303 e. The van der Waals surface area contributed by atoms with Crippen LogP contribution in [-0.2, 0) is 4.79 Å². The third-order valence-corrected chi connectivity index (χ3v) is 1.94. The second-order valence-corrected chi connectivity index (χ2v) is 2.60. The van der Waals surface area contributed by atoms with E-state index >= 15 is 0 Å². The summed E-state index contributed by atoms with van der Waals surface area (Å²) in [6.07, 6.45) is 1.72. The van der Waals surface area contributed by atoms with Crippen LogP contribution in [0.15, 0.2) is 0 Å². The van der Waals surface area contributed by atoms with Crippen molar-refractivity contribution in [3.05, 3.63) is 10.1 Å². The zero-order valence-electron chi connectivity index (χ0n) is 6.82. The SMILES string of the molecule is CCC(CC=O)C(C)[N+](=O)[O-]. The number of carbonyl (C=O) groups excluding carboxylic acids is 1. The molecule has 0 fully saturated rings. The van der Waals surface area contributed by atoms with E-state index in [1.165, 1.54) is 6.92 Å². The second-order valence-electron chi connectivity index (χ2n) is 2.60. The number of aldehydes is 1. The Morgan fingerprint density at radius 2 is 2.18 bits per heavy atom. The summed E-state index contributed by atoms with van der Waals surface area (Å²) >= 11 is 0. The molecule has 0 saturated carbocycles. The Bertz CT molecular complexity index is 147. The Morgan fingerprint density at radius 1 is 1.64 bits per heavy atom. The van der Waals surface area contributed by atoms with Crippen LogP contribution in [0.1, 0.15) is 26.7 Å². The lowest BCUT2D eigenvalue weighted by molar-refractivity contribution is -0.527. The zero-order valence-corrected chi connectivity index (χ0v) is 6.82. The van der Waals surface area contributed by atoms with Gasteiger partial charge in [-0.15, -0.1) is 0 Å². The fraction of sp³-hybridized carbons (Fsp3) is 0.857. The summed E-state index contributed by atoms with van der Waals surface area (Å²) in [7, 11) is 0. The lowest BCUT2D eigenvalue weighted by atomic mass is 9.96. The van der Waals surface area contributed by atoms with Crippen LogP contribution >= 0.6 is 0 Å². The molecule has 0 aromatic carbocycles. The highest BCUT2D eigenvalue weighted by Crippen LogP contribution is 2.13. The van der Waals surface area contributed by atoms with Crippen molar-refractivity contribution in [1.29, 1.82) is 0 Å². The minimum atomic E-state index is -0.606. The quantitative estimate of drug-likeness (QED) is 0.344. The Hall–Kier alpha value is -0.930. The maximum Gasteiger partial charge on any atom is 0.213 e. The minimum absolute atomic E-state index is 0.109. The zero-order chi connectivity index (χ0) is 8.85. The molecule has 0 amide bonds. The summed E-state index contributed by atoms with van der Waals surface area (Å²) in [4.78, 5) is 20.0. The molecule has 4 heteroatoms. The monoisotopic (exact) mass is 159 g/mol. The third-order valence-electron chi connectivity index (χ3n) is 1.94. The van der Waals surface area contributed by atoms with Gasteiger partial charge in [0.15, 0.2) is 0 Å². The average Bonchev–Trinajstić information content (AvgIpc) is 1.98. The van der Waals surface area contributed by atoms with Gasteiger partial charge >= 0.3 is 0 Å². The first-order valence-electron chi connectivity index (χ1n) is 3.70. The molecule has 0 aliphatic rings. The van der Waals surface area contributed by atoms with E-state index in [4.69, 9.17) is 0 Å². The summed E-state index contributed by atoms with van der Waals surface area (Å²) < 4.78 is 0. The fourth-order valence-corrected chi connectivity index (χ4v) is 1.00. The van der Waals surface area contributed by atoms with Gasteiger partial charge in [-0.05, 0) is 6.42 Å². The van der Waals surface area contributed by atoms with Gasteiger partial charge in [0, 0.05) is 24.2 Å². The highest BCUT2D eigenvalue weighted by molar-refractivity contribution is 5.49. The number of rotatable bonds is 5. The molecule has 64 valence electrons. The van der Waals surface area contributed by atoms with Gasteiger partial charge in [-0.2, -0.15) is 0 Å². The van der Waals surface area contributed by atoms with Crippen molar-refractivity contribution in [2.45, 2.75) is 32.7 Å². The molecule has 0 aliphatic heterocycles. The Morgan fingerprint density at radius 3 is 2.45 bits per heavy atom. The molecule has 0 N–H and O–H groups in total. The number of hydrogen-bond acceptors (Lipinski definition) is 3. The molecular formula is C7H13NO3. The van der Waals surface area contributed by atoms with Crippen molar-refractivity contribution in [2.75, 3.05) is 0 Å². The van der Waals surface area contributed by atoms with Crippen molar-refractivity contribution in [3.63, 3.8) is 0 Å². The highest BCUT2D eigenvalue weighted by atomic mass is 16.6. The molecule has 0 rings (SSSR count). The molecular weight excluding hydrogens is 146 g/mol. The molecule has 0 saturated heterocycles. The van der Waals surface area contributed by atoms with E-state index in [0.717, 1.165) is 6.29 Å². The van der Waals surface area contributed by atoms with Crippen LogP contribution in [0, 0.1) is 16.0 Å². The number of nitro groups is 1. The van der Waals surface area contributed by atoms with Crippen LogP contribution in [0.25, 0.3) is 0 Å². The Labute approximate surface area is 65.7 Å². The van der Waals surface area contributed by atoms with Crippen LogP contribution < -0.4 is 0 Å². The van der Waals surface area contributed by atoms with Crippen LogP contribution in [0.2, 0.25) is 0 Å². The van der Waals surface area contributed by atoms with Gasteiger partial charge in [0.2, 0.25) is 6.04 Å². The molecule has 0 aliphatic carbocycles. The van der Waals surface area contributed by atoms with Crippen LogP contribution in [0.4, 0.5) is 0 Å². The smallest absolute Gasteiger partial charge is 0.213 e. The van der Waals surface area contributed by atoms with Crippen LogP contribution in [0.5, 0.6) is 0 Å². The number of nitrogens with zero attached hydrogens (tertiary/aromatic N) is 1. The number of carbonyl (C=O) groups is 1. The molecule has 0 radical (unpaired) electrons. The molecule has 0 bridgehead atoms. The molecule has 2 atom stereocenters. The van der Waals surface area contributed by atoms with E-state index in [2.05, 4.69) is 0 Å². The summed E-state index contributed by atoms with van der Waals surface area (Å²) in [5.74, 6) is -0.109. The Balaban J connectivity index is 4.00. The van der Waals surface area contributed by atoms with Gasteiger partial charge in [-0.1, -0.05) is 6.92 Å². The summed E-state index contributed by atoms with van der Waals surface area (Å²) in [6, 6.07) is -0.606. The molecule has 0 aromatic rings. The average molecular weight is 159 g/mol. The predicted molar refractivity (Wildman–Crippen MR) is 40.9 cm³/mol. The summed E-state index contributed by atoms with van der Waals surface area (Å²) in [5.41, 5.74) is 0. The molecule has 2 unspecified atom stereocenters. The molecule has 11 heavy (non-hydrogen) atoms. The first-order chi connectivity index (χ1) is 5.13. The Kier molecular flexibility index (Phi) is 4.41. The van der Waals surface area contributed by atoms with Crippen LogP contribution in [-0.4, -0.2) is 17.3 Å². The lowest BCUT2D eigenvalue weighted by Crippen LogP contribution is -2.25. The fourth-order valence-electron chi connectivity index (χ4n) is 1.00. The molecule has 0 spiro atoms. The van der Waals surface area contributed by atoms with Crippen molar-refractivity contribution < 1.29 is 9.72 Å². The normalized spacial score (nSPS) is 15.5. The maximum atomic E-state index is 10.3. The third kappa shape index (κ3) is 3.11. The van der Waals surface area contributed by atoms with E-state index in [0.29, 0.717) is 12.8 Å². The highest BCUT2D eigenvalue weighted by Gasteiger charge is 2.23. The van der Waals surface area contributed by atoms with E-state index in [1.807, 2.05) is 6.92 Å². The topological polar surface area (TPSA) is 60.2 Å². The van der Waals surface area contributed by atoms with Crippen LogP contribution in [0.3, 0.4) is 0 Å². The molecule has 0 aromatic heterocycles. The van der Waals surface area contributed by atoms with Gasteiger partial charge < -0.3 is 4.79 Å². The first kappa shape index (κ1) is 10.1. The van der Waals surface area contributed by atoms with Gasteiger partial charge in [0.05, 0.1) is 0 Å². The first-order valence-corrected chi connectivity index (χ1v) is 3.70. The summed E-state index contributed by atoms with van der Waals surface area (Å²) in [5, 5.41) is 10.3. The molecule has 4 nitrogen and oxygen atoms in total. The largest absolute Gasteiger partial charge is 0.303 e. The van der Waals surface area contributed by atoms with Gasteiger partial charge in [0.25, 0.3) is 0 Å². The van der Waals surface area contributed by atoms with E-state index in [9.17, 15) is 14.9 Å². The van der Waals surface area contributed by atoms with Crippen molar-refractivity contribution in [1.82, 2.24) is 0 Å². The van der Waals surface area contributed by atoms with Gasteiger partial charge in [-0.3, -0.25) is 10.1 Å². The standard InChI is InChI=1S/C7H13NO3/c1-3-7(4-5-9)6(2)8(10)11/h5-7H,3-4H2,1-2H3. The maximum absolute atomic E-state index is 10.3. The van der Waals surface area contributed by atoms with E-state index in [-0.39, 0.29) is 10.8 Å². The van der Waals surface area contributed by atoms with Gasteiger partial charge in [0.1, 0.15) is 6.29 Å². The number of hydrogen-bond donors (Lipinski definition) is 0. The van der Waals surface area contributed by atoms with Crippen molar-refractivity contribution in [2.24, 2.45) is 5.92 Å².